The van der Waals surface area contributed by atoms with Crippen LogP contribution in [0.5, 0.6) is 5.75 Å². The van der Waals surface area contributed by atoms with E-state index in [0.29, 0.717) is 34.4 Å². The zero-order valence-corrected chi connectivity index (χ0v) is 14.4. The maximum absolute atomic E-state index is 11.9. The smallest absolute Gasteiger partial charge is 0.313 e. The number of halogens is 2. The molecule has 2 aromatic rings. The Morgan fingerprint density at radius 1 is 1.08 bits per heavy atom. The van der Waals surface area contributed by atoms with Crippen LogP contribution in [0.3, 0.4) is 0 Å². The molecule has 0 aromatic heterocycles. The summed E-state index contributed by atoms with van der Waals surface area (Å²) in [5, 5.41) is 6.01. The lowest BCUT2D eigenvalue weighted by Gasteiger charge is -2.08. The maximum Gasteiger partial charge on any atom is 0.313 e. The van der Waals surface area contributed by atoms with Crippen LogP contribution in [0, 0.1) is 0 Å². The Bertz CT molecular complexity index is 750. The molecule has 2 N–H and O–H groups in total. The minimum atomic E-state index is -0.762. The number of benzene rings is 2. The molecule has 2 amide bonds. The van der Waals surface area contributed by atoms with Crippen LogP contribution in [0.4, 0.5) is 5.69 Å². The van der Waals surface area contributed by atoms with Crippen molar-refractivity contribution in [3.8, 4) is 5.75 Å². The van der Waals surface area contributed by atoms with Crippen LogP contribution in [0.1, 0.15) is 5.56 Å². The van der Waals surface area contributed by atoms with Crippen LogP contribution in [0.15, 0.2) is 42.5 Å². The average molecular weight is 367 g/mol. The van der Waals surface area contributed by atoms with Crippen molar-refractivity contribution in [2.24, 2.45) is 0 Å². The van der Waals surface area contributed by atoms with Gasteiger partial charge in [0.15, 0.2) is 0 Å². The van der Waals surface area contributed by atoms with Crippen LogP contribution < -0.4 is 15.4 Å². The second-order valence-corrected chi connectivity index (χ2v) is 5.78. The summed E-state index contributed by atoms with van der Waals surface area (Å²) in [5.41, 5.74) is 1.39. The molecule has 24 heavy (non-hydrogen) atoms. The van der Waals surface area contributed by atoms with Crippen molar-refractivity contribution in [1.29, 1.82) is 0 Å². The molecule has 0 aliphatic carbocycles. The Hall–Kier alpha value is -2.24. The first-order chi connectivity index (χ1) is 11.5. The first-order valence-corrected chi connectivity index (χ1v) is 7.92. The van der Waals surface area contributed by atoms with Gasteiger partial charge in [0, 0.05) is 17.3 Å². The Morgan fingerprint density at radius 2 is 1.88 bits per heavy atom. The molecule has 0 saturated heterocycles. The van der Waals surface area contributed by atoms with Crippen molar-refractivity contribution in [2.45, 2.75) is 6.42 Å². The van der Waals surface area contributed by atoms with E-state index in [4.69, 9.17) is 27.9 Å². The number of methoxy groups -OCH3 is 1. The summed E-state index contributed by atoms with van der Waals surface area (Å²) in [5.74, 6) is -0.994. The standard InChI is InChI=1S/C17H16Cl2N2O3/c1-24-15-6-5-13(10-14(15)19)21-17(23)16(22)20-8-7-11-3-2-4-12(18)9-11/h2-6,9-10H,7-8H2,1H3,(H,20,22)(H,21,23). The molecule has 0 fully saturated rings. The normalized spacial score (nSPS) is 10.1. The van der Waals surface area contributed by atoms with Crippen LogP contribution in [0.2, 0.25) is 10.0 Å². The molecule has 126 valence electrons. The van der Waals surface area contributed by atoms with Crippen molar-refractivity contribution in [1.82, 2.24) is 5.32 Å². The molecule has 5 nitrogen and oxygen atoms in total. The minimum absolute atomic E-state index is 0.329. The average Bonchev–Trinajstić information content (AvgIpc) is 2.55. The van der Waals surface area contributed by atoms with Crippen LogP contribution in [0.25, 0.3) is 0 Å². The van der Waals surface area contributed by atoms with Crippen molar-refractivity contribution in [3.05, 3.63) is 58.1 Å². The van der Waals surface area contributed by atoms with Gasteiger partial charge in [-0.25, -0.2) is 0 Å². The molecule has 0 aliphatic rings. The zero-order valence-electron chi connectivity index (χ0n) is 12.9. The fourth-order valence-corrected chi connectivity index (χ4v) is 2.50. The monoisotopic (exact) mass is 366 g/mol. The number of hydrogen-bond acceptors (Lipinski definition) is 3. The van der Waals surface area contributed by atoms with Gasteiger partial charge in [-0.05, 0) is 42.3 Å². The number of anilines is 1. The third kappa shape index (κ3) is 5.15. The summed E-state index contributed by atoms with van der Waals surface area (Å²) >= 11 is 11.9. The Morgan fingerprint density at radius 3 is 2.54 bits per heavy atom. The molecule has 0 aliphatic heterocycles. The summed E-state index contributed by atoms with van der Waals surface area (Å²) in [4.78, 5) is 23.7. The fraction of sp³-hybridized carbons (Fsp3) is 0.176. The third-order valence-corrected chi connectivity index (χ3v) is 3.73. The second kappa shape index (κ2) is 8.57. The van der Waals surface area contributed by atoms with Crippen molar-refractivity contribution < 1.29 is 14.3 Å². The van der Waals surface area contributed by atoms with Crippen molar-refractivity contribution >= 4 is 40.7 Å². The largest absolute Gasteiger partial charge is 0.495 e. The van der Waals surface area contributed by atoms with Gasteiger partial charge in [0.2, 0.25) is 0 Å². The maximum atomic E-state index is 11.9. The fourth-order valence-electron chi connectivity index (χ4n) is 2.03. The van der Waals surface area contributed by atoms with E-state index in [1.807, 2.05) is 18.2 Å². The van der Waals surface area contributed by atoms with E-state index < -0.39 is 11.8 Å². The Balaban J connectivity index is 1.84. The molecule has 2 aromatic carbocycles. The number of nitrogens with one attached hydrogen (secondary N) is 2. The number of ether oxygens (including phenoxy) is 1. The minimum Gasteiger partial charge on any atom is -0.495 e. The predicted octanol–water partition coefficient (Wildman–Crippen LogP) is 3.30. The highest BCUT2D eigenvalue weighted by atomic mass is 35.5. The highest BCUT2D eigenvalue weighted by Crippen LogP contribution is 2.27. The lowest BCUT2D eigenvalue weighted by molar-refractivity contribution is -0.136. The first kappa shape index (κ1) is 18.1. The molecule has 0 bridgehead atoms. The molecule has 0 atom stereocenters. The summed E-state index contributed by atoms with van der Waals surface area (Å²) in [6.07, 6.45) is 0.577. The molecule has 2 rings (SSSR count). The number of hydrogen-bond donors (Lipinski definition) is 2. The SMILES string of the molecule is COc1ccc(NC(=O)C(=O)NCCc2cccc(Cl)c2)cc1Cl. The highest BCUT2D eigenvalue weighted by Gasteiger charge is 2.14. The van der Waals surface area contributed by atoms with E-state index in [0.717, 1.165) is 5.56 Å². The molecule has 0 spiro atoms. The summed E-state index contributed by atoms with van der Waals surface area (Å²) in [7, 11) is 1.49. The molecule has 0 heterocycles. The van der Waals surface area contributed by atoms with Gasteiger partial charge in [0.05, 0.1) is 12.1 Å². The lowest BCUT2D eigenvalue weighted by Crippen LogP contribution is -2.36. The topological polar surface area (TPSA) is 67.4 Å². The zero-order chi connectivity index (χ0) is 17.5. The predicted molar refractivity (Wildman–Crippen MR) is 94.8 cm³/mol. The van der Waals surface area contributed by atoms with Crippen LogP contribution in [-0.2, 0) is 16.0 Å². The highest BCUT2D eigenvalue weighted by molar-refractivity contribution is 6.40. The van der Waals surface area contributed by atoms with E-state index >= 15 is 0 Å². The molecule has 0 saturated carbocycles. The van der Waals surface area contributed by atoms with E-state index in [1.165, 1.54) is 13.2 Å². The first-order valence-electron chi connectivity index (χ1n) is 7.17. The van der Waals surface area contributed by atoms with Crippen molar-refractivity contribution in [2.75, 3.05) is 19.0 Å². The second-order valence-electron chi connectivity index (χ2n) is 4.94. The van der Waals surface area contributed by atoms with Gasteiger partial charge in [-0.3, -0.25) is 9.59 Å². The molecule has 7 heteroatoms. The van der Waals surface area contributed by atoms with Gasteiger partial charge in [0.1, 0.15) is 5.75 Å². The van der Waals surface area contributed by atoms with E-state index in [1.54, 1.807) is 18.2 Å². The van der Waals surface area contributed by atoms with Crippen LogP contribution in [-0.4, -0.2) is 25.5 Å². The van der Waals surface area contributed by atoms with Crippen molar-refractivity contribution in [3.63, 3.8) is 0 Å². The van der Waals surface area contributed by atoms with E-state index in [-0.39, 0.29) is 0 Å². The van der Waals surface area contributed by atoms with E-state index in [9.17, 15) is 9.59 Å². The number of carbonyl (C=O) groups excluding carboxylic acids is 2. The summed E-state index contributed by atoms with van der Waals surface area (Å²) in [6, 6.07) is 12.0. The van der Waals surface area contributed by atoms with Gasteiger partial charge in [-0.1, -0.05) is 35.3 Å². The number of carbonyl (C=O) groups is 2. The third-order valence-electron chi connectivity index (χ3n) is 3.20. The molecule has 0 radical (unpaired) electrons. The Labute approximate surface area is 149 Å². The number of amides is 2. The van der Waals surface area contributed by atoms with Gasteiger partial charge >= 0.3 is 11.8 Å². The van der Waals surface area contributed by atoms with Gasteiger partial charge in [0.25, 0.3) is 0 Å². The lowest BCUT2D eigenvalue weighted by atomic mass is 10.1. The van der Waals surface area contributed by atoms with Gasteiger partial charge in [-0.2, -0.15) is 0 Å². The Kier molecular flexibility index (Phi) is 6.46. The summed E-state index contributed by atoms with van der Waals surface area (Å²) < 4.78 is 5.02. The van der Waals surface area contributed by atoms with Gasteiger partial charge < -0.3 is 15.4 Å². The number of rotatable bonds is 5. The molecule has 0 unspecified atom stereocenters. The van der Waals surface area contributed by atoms with Crippen LogP contribution >= 0.6 is 23.2 Å². The molecular formula is C17H16Cl2N2O3. The van der Waals surface area contributed by atoms with Gasteiger partial charge in [-0.15, -0.1) is 0 Å². The molecular weight excluding hydrogens is 351 g/mol. The van der Waals surface area contributed by atoms with E-state index in [2.05, 4.69) is 10.6 Å². The summed E-state index contributed by atoms with van der Waals surface area (Å²) in [6.45, 7) is 0.329. The quantitative estimate of drug-likeness (QED) is 0.797.